The van der Waals surface area contributed by atoms with Gasteiger partial charge < -0.3 is 10.3 Å². The van der Waals surface area contributed by atoms with Crippen molar-refractivity contribution in [2.45, 2.75) is 6.42 Å². The van der Waals surface area contributed by atoms with Crippen molar-refractivity contribution in [1.82, 2.24) is 14.3 Å². The number of H-pyrrole nitrogens is 1. The lowest BCUT2D eigenvalue weighted by molar-refractivity contribution is 0.474. The molecule has 0 saturated heterocycles. The lowest BCUT2D eigenvalue weighted by Gasteiger charge is -2.14. The molecule has 1 aromatic carbocycles. The van der Waals surface area contributed by atoms with Crippen LogP contribution in [0.4, 0.5) is 11.4 Å². The van der Waals surface area contributed by atoms with Crippen molar-refractivity contribution in [1.29, 1.82) is 0 Å². The second-order valence-corrected chi connectivity index (χ2v) is 7.54. The van der Waals surface area contributed by atoms with E-state index in [0.717, 1.165) is 26.6 Å². The Bertz CT molecular complexity index is 1110. The van der Waals surface area contributed by atoms with Crippen LogP contribution in [0.5, 0.6) is 0 Å². The monoisotopic (exact) mass is 445 g/mol. The van der Waals surface area contributed by atoms with Gasteiger partial charge in [0.05, 0.1) is 5.69 Å². The smallest absolute Gasteiger partial charge is 0.276 e. The molecule has 0 atom stereocenters. The number of hydrogen-bond acceptors (Lipinski definition) is 5. The molecule has 0 saturated carbocycles. The molecule has 3 rings (SSSR count). The number of likely N-dealkylation sites (N-methyl/N-ethyl adjacent to an activating group) is 1. The molecule has 0 amide bonds. The molecule has 0 aliphatic heterocycles. The summed E-state index contributed by atoms with van der Waals surface area (Å²) >= 11 is 0. The highest BCUT2D eigenvalue weighted by Crippen LogP contribution is 2.24. The minimum absolute atomic E-state index is 0. The zero-order valence-electron chi connectivity index (χ0n) is 15.0. The van der Waals surface area contributed by atoms with E-state index in [4.69, 9.17) is 5.14 Å². The molecule has 3 aromatic rings. The summed E-state index contributed by atoms with van der Waals surface area (Å²) < 4.78 is 23.6. The molecule has 28 heavy (non-hydrogen) atoms. The molecule has 8 nitrogen and oxygen atoms in total. The molecular weight excluding hydrogens is 425 g/mol. The SMILES string of the molecule is CN(CCc1cccc(Nc2ccnc3[nH]c(=O)ccc23)c1)S(N)(=O)=O.Cl.Cl. The topological polar surface area (TPSA) is 121 Å². The largest absolute Gasteiger partial charge is 0.355 e. The van der Waals surface area contributed by atoms with Gasteiger partial charge in [-0.2, -0.15) is 12.7 Å². The first kappa shape index (κ1) is 23.9. The van der Waals surface area contributed by atoms with Gasteiger partial charge in [0, 0.05) is 36.9 Å². The molecule has 11 heteroatoms. The Morgan fingerprint density at radius 2 is 1.93 bits per heavy atom. The summed E-state index contributed by atoms with van der Waals surface area (Å²) in [7, 11) is -2.23. The van der Waals surface area contributed by atoms with E-state index in [1.807, 2.05) is 30.3 Å². The van der Waals surface area contributed by atoms with Crippen molar-refractivity contribution in [2.24, 2.45) is 5.14 Å². The number of nitrogens with two attached hydrogens (primary N) is 1. The maximum Gasteiger partial charge on any atom is 0.276 e. The van der Waals surface area contributed by atoms with Crippen molar-refractivity contribution in [3.63, 3.8) is 0 Å². The van der Waals surface area contributed by atoms with Gasteiger partial charge in [0.1, 0.15) is 5.65 Å². The van der Waals surface area contributed by atoms with Crippen molar-refractivity contribution >= 4 is 57.4 Å². The standard InChI is InChI=1S/C17H19N5O3S.2ClH/c1-22(26(18,24)25)10-8-12-3-2-4-13(11-12)20-15-7-9-19-17-14(15)5-6-16(23)21-17;;/h2-7,9,11H,8,10H2,1H3,(H2,18,24,25)(H2,19,20,21,23);2*1H. The number of rotatable bonds is 6. The van der Waals surface area contributed by atoms with Crippen LogP contribution in [0.2, 0.25) is 0 Å². The van der Waals surface area contributed by atoms with E-state index in [0.29, 0.717) is 18.6 Å². The number of aromatic amines is 1. The summed E-state index contributed by atoms with van der Waals surface area (Å²) in [5.41, 5.74) is 2.93. The van der Waals surface area contributed by atoms with Crippen LogP contribution in [-0.2, 0) is 16.6 Å². The average Bonchev–Trinajstić information content (AvgIpc) is 2.59. The van der Waals surface area contributed by atoms with Crippen LogP contribution in [0.1, 0.15) is 5.56 Å². The lowest BCUT2D eigenvalue weighted by Crippen LogP contribution is -2.34. The second kappa shape index (κ2) is 9.85. The van der Waals surface area contributed by atoms with E-state index in [1.165, 1.54) is 13.1 Å². The van der Waals surface area contributed by atoms with E-state index >= 15 is 0 Å². The Labute approximate surface area is 175 Å². The van der Waals surface area contributed by atoms with Crippen LogP contribution in [0.15, 0.2) is 53.5 Å². The zero-order valence-corrected chi connectivity index (χ0v) is 17.4. The Morgan fingerprint density at radius 1 is 1.18 bits per heavy atom. The van der Waals surface area contributed by atoms with Gasteiger partial charge in [-0.05, 0) is 36.2 Å². The first-order valence-corrected chi connectivity index (χ1v) is 9.41. The molecule has 0 spiro atoms. The number of pyridine rings is 2. The fourth-order valence-electron chi connectivity index (χ4n) is 2.54. The number of hydrogen-bond donors (Lipinski definition) is 3. The summed E-state index contributed by atoms with van der Waals surface area (Å²) in [5, 5.41) is 9.20. The van der Waals surface area contributed by atoms with Crippen molar-refractivity contribution in [3.8, 4) is 0 Å². The van der Waals surface area contributed by atoms with Crippen LogP contribution in [0.3, 0.4) is 0 Å². The number of benzene rings is 1. The summed E-state index contributed by atoms with van der Waals surface area (Å²) in [6, 6.07) is 12.6. The van der Waals surface area contributed by atoms with Crippen LogP contribution >= 0.6 is 24.8 Å². The van der Waals surface area contributed by atoms with Gasteiger partial charge in [-0.1, -0.05) is 12.1 Å². The van der Waals surface area contributed by atoms with E-state index < -0.39 is 10.2 Å². The summed E-state index contributed by atoms with van der Waals surface area (Å²) in [6.45, 7) is 0.293. The van der Waals surface area contributed by atoms with Crippen molar-refractivity contribution in [2.75, 3.05) is 18.9 Å². The highest BCUT2D eigenvalue weighted by Gasteiger charge is 2.11. The Balaban J connectivity index is 0.00000196. The zero-order chi connectivity index (χ0) is 18.7. The predicted octanol–water partition coefficient (Wildman–Crippen LogP) is 2.19. The third kappa shape index (κ3) is 5.91. The van der Waals surface area contributed by atoms with Gasteiger partial charge in [-0.3, -0.25) is 4.79 Å². The van der Waals surface area contributed by atoms with Gasteiger partial charge in [0.15, 0.2) is 0 Å². The Hall–Kier alpha value is -2.17. The van der Waals surface area contributed by atoms with Gasteiger partial charge in [0.2, 0.25) is 5.56 Å². The molecular formula is C17H21Cl2N5O3S. The fraction of sp³-hybridized carbons (Fsp3) is 0.176. The maximum absolute atomic E-state index is 11.4. The molecule has 2 aromatic heterocycles. The van der Waals surface area contributed by atoms with E-state index in [9.17, 15) is 13.2 Å². The number of nitrogens with zero attached hydrogens (tertiary/aromatic N) is 2. The first-order valence-electron chi connectivity index (χ1n) is 7.91. The quantitative estimate of drug-likeness (QED) is 0.536. The van der Waals surface area contributed by atoms with Crippen molar-refractivity contribution in [3.05, 3.63) is 64.6 Å². The minimum Gasteiger partial charge on any atom is -0.355 e. The number of nitrogens with one attached hydrogen (secondary N) is 2. The average molecular weight is 446 g/mol. The Morgan fingerprint density at radius 3 is 2.64 bits per heavy atom. The second-order valence-electron chi connectivity index (χ2n) is 5.89. The molecule has 4 N–H and O–H groups in total. The number of fused-ring (bicyclic) bond motifs is 1. The molecule has 0 bridgehead atoms. The number of anilines is 2. The fourth-order valence-corrected chi connectivity index (χ4v) is 2.89. The van der Waals surface area contributed by atoms with Gasteiger partial charge >= 0.3 is 0 Å². The Kier molecular flexibility index (Phi) is 8.40. The maximum atomic E-state index is 11.4. The first-order chi connectivity index (χ1) is 12.3. The number of aromatic nitrogens is 2. The molecule has 0 aliphatic carbocycles. The van der Waals surface area contributed by atoms with E-state index in [1.54, 1.807) is 12.3 Å². The normalized spacial score (nSPS) is 11.0. The van der Waals surface area contributed by atoms with Gasteiger partial charge in [-0.15, -0.1) is 24.8 Å². The molecule has 0 radical (unpaired) electrons. The van der Waals surface area contributed by atoms with Gasteiger partial charge in [-0.25, -0.2) is 10.1 Å². The van der Waals surface area contributed by atoms with Crippen LogP contribution in [0, 0.1) is 0 Å². The summed E-state index contributed by atoms with van der Waals surface area (Å²) in [4.78, 5) is 18.3. The van der Waals surface area contributed by atoms with Crippen LogP contribution in [-0.4, -0.2) is 36.3 Å². The van der Waals surface area contributed by atoms with E-state index in [-0.39, 0.29) is 30.4 Å². The highest BCUT2D eigenvalue weighted by molar-refractivity contribution is 7.86. The molecule has 0 fully saturated rings. The summed E-state index contributed by atoms with van der Waals surface area (Å²) in [5.74, 6) is 0. The van der Waals surface area contributed by atoms with Crippen LogP contribution in [0.25, 0.3) is 11.0 Å². The van der Waals surface area contributed by atoms with Gasteiger partial charge in [0.25, 0.3) is 10.2 Å². The van der Waals surface area contributed by atoms with Crippen molar-refractivity contribution < 1.29 is 8.42 Å². The highest BCUT2D eigenvalue weighted by atomic mass is 35.5. The van der Waals surface area contributed by atoms with E-state index in [2.05, 4.69) is 15.3 Å². The minimum atomic E-state index is -3.68. The molecule has 152 valence electrons. The lowest BCUT2D eigenvalue weighted by atomic mass is 10.1. The molecule has 2 heterocycles. The third-order valence-electron chi connectivity index (χ3n) is 3.99. The van der Waals surface area contributed by atoms with Crippen LogP contribution < -0.4 is 16.0 Å². The third-order valence-corrected chi connectivity index (χ3v) is 5.04. The number of halogens is 2. The molecule has 0 aliphatic rings. The predicted molar refractivity (Wildman–Crippen MR) is 116 cm³/mol. The molecule has 0 unspecified atom stereocenters. The summed E-state index contributed by atoms with van der Waals surface area (Å²) in [6.07, 6.45) is 2.15.